The Bertz CT molecular complexity index is 315. The van der Waals surface area contributed by atoms with Gasteiger partial charge in [0, 0.05) is 0 Å². The van der Waals surface area contributed by atoms with Crippen molar-refractivity contribution in [2.75, 3.05) is 0 Å². The van der Waals surface area contributed by atoms with E-state index in [0.29, 0.717) is 0 Å². The van der Waals surface area contributed by atoms with E-state index in [-0.39, 0.29) is 24.4 Å². The molecule has 0 amide bonds. The lowest BCUT2D eigenvalue weighted by Crippen LogP contribution is -2.29. The van der Waals surface area contributed by atoms with Crippen molar-refractivity contribution in [3.63, 3.8) is 0 Å². The summed E-state index contributed by atoms with van der Waals surface area (Å²) in [5.74, 6) is 0. The molecule has 0 spiro atoms. The van der Waals surface area contributed by atoms with E-state index >= 15 is 0 Å². The molecule has 0 bridgehead atoms. The molecule has 0 radical (unpaired) electrons. The van der Waals surface area contributed by atoms with Gasteiger partial charge in [-0.15, -0.1) is 0 Å². The highest BCUT2D eigenvalue weighted by Gasteiger charge is 2.21. The first-order valence-corrected chi connectivity index (χ1v) is 14.1. The van der Waals surface area contributed by atoms with Crippen LogP contribution in [0.4, 0.5) is 0 Å². The first kappa shape index (κ1) is 30.9. The fourth-order valence-corrected chi connectivity index (χ4v) is 4.56. The second kappa shape index (κ2) is 23.1. The summed E-state index contributed by atoms with van der Waals surface area (Å²) < 4.78 is 6.47. The predicted molar refractivity (Wildman–Crippen MR) is 136 cm³/mol. The molecule has 0 aromatic carbocycles. The molecule has 0 rings (SSSR count). The molecule has 0 aliphatic heterocycles. The smallest absolute Gasteiger partial charge is 0.0603 e. The van der Waals surface area contributed by atoms with Crippen LogP contribution in [0.1, 0.15) is 156 Å². The lowest BCUT2D eigenvalue weighted by atomic mass is 9.99. The Labute approximate surface area is 195 Å². The summed E-state index contributed by atoms with van der Waals surface area (Å²) in [4.78, 5) is 0. The maximum atomic E-state index is 10.5. The second-order valence-electron chi connectivity index (χ2n) is 9.85. The van der Waals surface area contributed by atoms with Crippen LogP contribution in [0.2, 0.25) is 0 Å². The molecular formula is C28H58O3. The zero-order chi connectivity index (χ0) is 23.2. The molecule has 0 heterocycles. The second-order valence-corrected chi connectivity index (χ2v) is 9.85. The van der Waals surface area contributed by atoms with Crippen molar-refractivity contribution < 1.29 is 14.9 Å². The quantitative estimate of drug-likeness (QED) is 0.148. The van der Waals surface area contributed by atoms with Crippen molar-refractivity contribution in [3.8, 4) is 0 Å². The molecular weight excluding hydrogens is 384 g/mol. The van der Waals surface area contributed by atoms with Crippen molar-refractivity contribution in [2.24, 2.45) is 0 Å². The van der Waals surface area contributed by atoms with Gasteiger partial charge in [0.05, 0.1) is 24.4 Å². The van der Waals surface area contributed by atoms with Crippen LogP contribution in [0.15, 0.2) is 0 Å². The van der Waals surface area contributed by atoms with Gasteiger partial charge in [-0.05, 0) is 38.5 Å². The summed E-state index contributed by atoms with van der Waals surface area (Å²) in [5, 5.41) is 21.1. The van der Waals surface area contributed by atoms with E-state index in [1.54, 1.807) is 0 Å². The van der Waals surface area contributed by atoms with Gasteiger partial charge in [0.1, 0.15) is 0 Å². The summed E-state index contributed by atoms with van der Waals surface area (Å²) in [6.07, 6.45) is 22.4. The minimum atomic E-state index is -0.252. The van der Waals surface area contributed by atoms with Crippen LogP contribution in [0.25, 0.3) is 0 Å². The summed E-state index contributed by atoms with van der Waals surface area (Å²) in [6.45, 7) is 8.88. The molecule has 0 aliphatic rings. The molecule has 188 valence electrons. The highest BCUT2D eigenvalue weighted by Crippen LogP contribution is 2.22. The Morgan fingerprint density at radius 2 is 0.806 bits per heavy atom. The van der Waals surface area contributed by atoms with Gasteiger partial charge in [0.25, 0.3) is 0 Å². The van der Waals surface area contributed by atoms with Crippen LogP contribution >= 0.6 is 0 Å². The predicted octanol–water partition coefficient (Wildman–Crippen LogP) is 8.34. The number of unbranched alkanes of at least 4 members (excludes halogenated alkanes) is 10. The van der Waals surface area contributed by atoms with Crippen LogP contribution in [0, 0.1) is 0 Å². The number of aliphatic hydroxyl groups is 2. The Kier molecular flexibility index (Phi) is 23.0. The molecule has 3 heteroatoms. The minimum absolute atomic E-state index is 0.123. The van der Waals surface area contributed by atoms with Gasteiger partial charge in [0.2, 0.25) is 0 Å². The number of rotatable bonds is 24. The third-order valence-electron chi connectivity index (χ3n) is 6.46. The van der Waals surface area contributed by atoms with Crippen molar-refractivity contribution >= 4 is 0 Å². The molecule has 0 saturated carbocycles. The van der Waals surface area contributed by atoms with E-state index in [4.69, 9.17) is 4.74 Å². The van der Waals surface area contributed by atoms with Gasteiger partial charge in [-0.25, -0.2) is 0 Å². The van der Waals surface area contributed by atoms with Crippen LogP contribution in [-0.2, 0) is 4.74 Å². The zero-order valence-corrected chi connectivity index (χ0v) is 21.8. The van der Waals surface area contributed by atoms with Crippen molar-refractivity contribution in [1.82, 2.24) is 0 Å². The minimum Gasteiger partial charge on any atom is -0.393 e. The van der Waals surface area contributed by atoms with Crippen LogP contribution in [-0.4, -0.2) is 34.6 Å². The monoisotopic (exact) mass is 442 g/mol. The molecule has 0 aliphatic carbocycles. The van der Waals surface area contributed by atoms with Gasteiger partial charge in [-0.3, -0.25) is 0 Å². The number of aliphatic hydroxyl groups excluding tert-OH is 2. The third-order valence-corrected chi connectivity index (χ3v) is 6.46. The Hall–Kier alpha value is -0.120. The Balaban J connectivity index is 4.27. The molecule has 4 unspecified atom stereocenters. The van der Waals surface area contributed by atoms with Crippen molar-refractivity contribution in [2.45, 2.75) is 181 Å². The molecule has 0 saturated heterocycles. The van der Waals surface area contributed by atoms with Crippen LogP contribution in [0.3, 0.4) is 0 Å². The average Bonchev–Trinajstić information content (AvgIpc) is 2.73. The Morgan fingerprint density at radius 3 is 1.16 bits per heavy atom. The number of hydrogen-bond donors (Lipinski definition) is 2. The highest BCUT2D eigenvalue weighted by molar-refractivity contribution is 4.71. The topological polar surface area (TPSA) is 49.7 Å². The highest BCUT2D eigenvalue weighted by atomic mass is 16.5. The van der Waals surface area contributed by atoms with Gasteiger partial charge in [-0.2, -0.15) is 0 Å². The molecule has 0 aromatic heterocycles. The first-order valence-electron chi connectivity index (χ1n) is 14.1. The van der Waals surface area contributed by atoms with Crippen LogP contribution in [0.5, 0.6) is 0 Å². The number of hydrogen-bond acceptors (Lipinski definition) is 3. The molecule has 31 heavy (non-hydrogen) atoms. The SMILES string of the molecule is CCCCCCCCC(O)CC(CCC)OC(CCC)CC(O)CCCCCCCC. The molecule has 2 N–H and O–H groups in total. The average molecular weight is 443 g/mol. The molecule has 3 nitrogen and oxygen atoms in total. The van der Waals surface area contributed by atoms with Crippen molar-refractivity contribution in [1.29, 1.82) is 0 Å². The third kappa shape index (κ3) is 20.2. The summed E-state index contributed by atoms with van der Waals surface area (Å²) in [7, 11) is 0. The number of ether oxygens (including phenoxy) is 1. The molecule has 0 aromatic rings. The zero-order valence-electron chi connectivity index (χ0n) is 21.8. The van der Waals surface area contributed by atoms with E-state index in [0.717, 1.165) is 64.2 Å². The van der Waals surface area contributed by atoms with E-state index in [1.807, 2.05) is 0 Å². The van der Waals surface area contributed by atoms with Crippen LogP contribution < -0.4 is 0 Å². The maximum Gasteiger partial charge on any atom is 0.0603 e. The first-order chi connectivity index (χ1) is 15.1. The largest absolute Gasteiger partial charge is 0.393 e. The van der Waals surface area contributed by atoms with Gasteiger partial charge >= 0.3 is 0 Å². The summed E-state index contributed by atoms with van der Waals surface area (Å²) in [5.41, 5.74) is 0. The fourth-order valence-electron chi connectivity index (χ4n) is 4.56. The van der Waals surface area contributed by atoms with E-state index in [9.17, 15) is 10.2 Å². The maximum absolute atomic E-state index is 10.5. The van der Waals surface area contributed by atoms with E-state index in [2.05, 4.69) is 27.7 Å². The fraction of sp³-hybridized carbons (Fsp3) is 1.00. The molecule has 0 fully saturated rings. The van der Waals surface area contributed by atoms with Gasteiger partial charge in [0.15, 0.2) is 0 Å². The van der Waals surface area contributed by atoms with Gasteiger partial charge in [-0.1, -0.05) is 118 Å². The summed E-state index contributed by atoms with van der Waals surface area (Å²) >= 11 is 0. The lowest BCUT2D eigenvalue weighted by Gasteiger charge is -2.28. The summed E-state index contributed by atoms with van der Waals surface area (Å²) in [6, 6.07) is 0. The Morgan fingerprint density at radius 1 is 0.452 bits per heavy atom. The standard InChI is InChI=1S/C28H58O3/c1-5-9-11-13-15-17-21-25(29)23-27(19-7-3)31-28(20-8-4)24-26(30)22-18-16-14-12-10-6-2/h25-30H,5-24H2,1-4H3. The van der Waals surface area contributed by atoms with E-state index in [1.165, 1.54) is 64.2 Å². The lowest BCUT2D eigenvalue weighted by molar-refractivity contribution is -0.0623. The molecule has 4 atom stereocenters. The normalized spacial score (nSPS) is 15.7. The van der Waals surface area contributed by atoms with Crippen molar-refractivity contribution in [3.05, 3.63) is 0 Å². The van der Waals surface area contributed by atoms with E-state index < -0.39 is 0 Å². The van der Waals surface area contributed by atoms with Gasteiger partial charge < -0.3 is 14.9 Å².